The van der Waals surface area contributed by atoms with Gasteiger partial charge in [0.15, 0.2) is 0 Å². The number of hydrogen-bond acceptors (Lipinski definition) is 3. The maximum absolute atomic E-state index is 12.4. The van der Waals surface area contributed by atoms with Crippen LogP contribution < -0.4 is 10.9 Å². The van der Waals surface area contributed by atoms with Gasteiger partial charge in [-0.25, -0.2) is 4.79 Å². The lowest BCUT2D eigenvalue weighted by atomic mass is 9.99. The number of benzene rings is 1. The summed E-state index contributed by atoms with van der Waals surface area (Å²) in [7, 11) is 0. The van der Waals surface area contributed by atoms with Crippen molar-refractivity contribution in [3.05, 3.63) is 58.5 Å². The second-order valence-corrected chi connectivity index (χ2v) is 5.56. The molecule has 1 atom stereocenters. The van der Waals surface area contributed by atoms with E-state index in [4.69, 9.17) is 10.8 Å². The van der Waals surface area contributed by atoms with Gasteiger partial charge < -0.3 is 9.73 Å². The molecule has 1 N–H and O–H groups in total. The first-order valence-electron chi connectivity index (χ1n) is 7.41. The minimum atomic E-state index is -0.802. The molecule has 0 bridgehead atoms. The monoisotopic (exact) mass is 309 g/mol. The lowest BCUT2D eigenvalue weighted by Gasteiger charge is -2.23. The number of rotatable bonds is 5. The maximum Gasteiger partial charge on any atom is 0.349 e. The Balaban J connectivity index is 2.49. The molecule has 4 heteroatoms. The first-order valence-corrected chi connectivity index (χ1v) is 7.41. The van der Waals surface area contributed by atoms with Crippen molar-refractivity contribution < 1.29 is 9.21 Å². The molecule has 23 heavy (non-hydrogen) atoms. The third-order valence-electron chi connectivity index (χ3n) is 3.87. The Morgan fingerprint density at radius 2 is 2.26 bits per heavy atom. The van der Waals surface area contributed by atoms with Crippen molar-refractivity contribution >= 4 is 16.9 Å². The van der Waals surface area contributed by atoms with Gasteiger partial charge in [-0.1, -0.05) is 37.1 Å². The van der Waals surface area contributed by atoms with Crippen LogP contribution in [0.25, 0.3) is 11.0 Å². The molecule has 1 aromatic carbocycles. The van der Waals surface area contributed by atoms with E-state index in [1.54, 1.807) is 19.1 Å². The molecule has 4 nitrogen and oxygen atoms in total. The van der Waals surface area contributed by atoms with Gasteiger partial charge in [-0.2, -0.15) is 0 Å². The summed E-state index contributed by atoms with van der Waals surface area (Å²) in [6.07, 6.45) is 8.31. The number of terminal acetylenes is 1. The number of carbonyl (C=O) groups is 1. The molecule has 0 aliphatic rings. The Hall–Kier alpha value is -2.80. The van der Waals surface area contributed by atoms with Gasteiger partial charge in [0.2, 0.25) is 0 Å². The second-order valence-electron chi connectivity index (χ2n) is 5.56. The molecule has 0 aliphatic heterocycles. The molecular weight excluding hydrogens is 290 g/mol. The topological polar surface area (TPSA) is 59.3 Å². The normalized spacial score (nSPS) is 13.1. The van der Waals surface area contributed by atoms with Crippen LogP contribution in [0.4, 0.5) is 0 Å². The highest BCUT2D eigenvalue weighted by Crippen LogP contribution is 2.19. The largest absolute Gasteiger partial charge is 0.422 e. The molecular formula is C19H19NO3. The van der Waals surface area contributed by atoms with Crippen molar-refractivity contribution in [3.63, 3.8) is 0 Å². The number of carbonyl (C=O) groups excluding carboxylic acids is 1. The predicted octanol–water partition coefficient (Wildman–Crippen LogP) is 3.05. The summed E-state index contributed by atoms with van der Waals surface area (Å²) >= 11 is 0. The van der Waals surface area contributed by atoms with Crippen molar-refractivity contribution in [2.45, 2.75) is 32.2 Å². The molecule has 1 heterocycles. The van der Waals surface area contributed by atoms with E-state index in [1.165, 1.54) is 6.07 Å². The van der Waals surface area contributed by atoms with Crippen molar-refractivity contribution in [1.82, 2.24) is 5.32 Å². The SMILES string of the molecule is C#C[C@@](C)(CC)NC(=O)c1cc2cccc(CC=C)c2oc1=O. The van der Waals surface area contributed by atoms with E-state index in [-0.39, 0.29) is 5.56 Å². The Morgan fingerprint density at radius 1 is 1.52 bits per heavy atom. The van der Waals surface area contributed by atoms with Crippen LogP contribution in [-0.4, -0.2) is 11.4 Å². The van der Waals surface area contributed by atoms with Gasteiger partial charge >= 0.3 is 5.63 Å². The van der Waals surface area contributed by atoms with Gasteiger partial charge in [-0.3, -0.25) is 4.79 Å². The Labute approximate surface area is 135 Å². The van der Waals surface area contributed by atoms with Crippen molar-refractivity contribution in [3.8, 4) is 12.3 Å². The Kier molecular flexibility index (Phi) is 4.71. The van der Waals surface area contributed by atoms with Gasteiger partial charge in [0.1, 0.15) is 11.1 Å². The zero-order chi connectivity index (χ0) is 17.0. The maximum atomic E-state index is 12.4. The second kappa shape index (κ2) is 6.53. The predicted molar refractivity (Wildman–Crippen MR) is 91.4 cm³/mol. The standard InChI is InChI=1S/C19H19NO3/c1-5-9-13-10-8-11-14-12-15(18(22)23-16(13)14)17(21)20-19(4,6-2)7-3/h2,5,8,10-12H,1,7,9H2,3-4H3,(H,20,21)/t19-/m0/s1. The van der Waals surface area contributed by atoms with Gasteiger partial charge in [-0.05, 0) is 31.4 Å². The van der Waals surface area contributed by atoms with Gasteiger partial charge in [0.05, 0.1) is 5.54 Å². The molecule has 0 saturated carbocycles. The lowest BCUT2D eigenvalue weighted by Crippen LogP contribution is -2.45. The van der Waals surface area contributed by atoms with Gasteiger partial charge in [0, 0.05) is 5.39 Å². The zero-order valence-electron chi connectivity index (χ0n) is 13.3. The fourth-order valence-electron chi connectivity index (χ4n) is 2.22. The number of nitrogens with one attached hydrogen (secondary N) is 1. The van der Waals surface area contributed by atoms with Crippen LogP contribution in [0.15, 0.2) is 46.1 Å². The van der Waals surface area contributed by atoms with Crippen LogP contribution in [0.3, 0.4) is 0 Å². The molecule has 0 radical (unpaired) electrons. The fraction of sp³-hybridized carbons (Fsp3) is 0.263. The molecule has 2 rings (SSSR count). The summed E-state index contributed by atoms with van der Waals surface area (Å²) in [6.45, 7) is 7.28. The average Bonchev–Trinajstić information content (AvgIpc) is 2.55. The summed E-state index contributed by atoms with van der Waals surface area (Å²) in [5.41, 5.74) is -0.207. The summed E-state index contributed by atoms with van der Waals surface area (Å²) in [5, 5.41) is 3.39. The highest BCUT2D eigenvalue weighted by molar-refractivity contribution is 5.97. The Morgan fingerprint density at radius 3 is 2.87 bits per heavy atom. The molecule has 2 aromatic rings. The number of fused-ring (bicyclic) bond motifs is 1. The molecule has 0 unspecified atom stereocenters. The summed E-state index contributed by atoms with van der Waals surface area (Å²) in [4.78, 5) is 24.6. The third kappa shape index (κ3) is 3.35. The van der Waals surface area contributed by atoms with Crippen molar-refractivity contribution in [1.29, 1.82) is 0 Å². The van der Waals surface area contributed by atoms with Crippen LogP contribution in [0.5, 0.6) is 0 Å². The molecule has 118 valence electrons. The quantitative estimate of drug-likeness (QED) is 0.524. The molecule has 0 saturated heterocycles. The van der Waals surface area contributed by atoms with Crippen LogP contribution in [-0.2, 0) is 6.42 Å². The number of para-hydroxylation sites is 1. The number of amides is 1. The minimum absolute atomic E-state index is 0.0526. The summed E-state index contributed by atoms with van der Waals surface area (Å²) < 4.78 is 5.36. The molecule has 1 amide bonds. The summed E-state index contributed by atoms with van der Waals surface area (Å²) in [5.74, 6) is 2.01. The smallest absolute Gasteiger partial charge is 0.349 e. The minimum Gasteiger partial charge on any atom is -0.422 e. The zero-order valence-corrected chi connectivity index (χ0v) is 13.3. The first-order chi connectivity index (χ1) is 10.9. The van der Waals surface area contributed by atoms with Crippen LogP contribution in [0.1, 0.15) is 36.2 Å². The molecule has 0 aliphatic carbocycles. The van der Waals surface area contributed by atoms with E-state index in [0.29, 0.717) is 23.8 Å². The van der Waals surface area contributed by atoms with Gasteiger partial charge in [0.25, 0.3) is 5.91 Å². The first kappa shape index (κ1) is 16.6. The van der Waals surface area contributed by atoms with Crippen molar-refractivity contribution in [2.75, 3.05) is 0 Å². The van der Waals surface area contributed by atoms with Crippen LogP contribution in [0, 0.1) is 12.3 Å². The molecule has 0 spiro atoms. The molecule has 1 aromatic heterocycles. The number of allylic oxidation sites excluding steroid dienone is 1. The average molecular weight is 309 g/mol. The fourth-order valence-corrected chi connectivity index (χ4v) is 2.22. The van der Waals surface area contributed by atoms with E-state index in [0.717, 1.165) is 5.56 Å². The third-order valence-corrected chi connectivity index (χ3v) is 3.87. The lowest BCUT2D eigenvalue weighted by molar-refractivity contribution is 0.0920. The molecule has 0 fully saturated rings. The summed E-state index contributed by atoms with van der Waals surface area (Å²) in [6, 6.07) is 7.04. The van der Waals surface area contributed by atoms with Crippen molar-refractivity contribution in [2.24, 2.45) is 0 Å². The highest BCUT2D eigenvalue weighted by atomic mass is 16.4. The van der Waals surface area contributed by atoms with E-state index < -0.39 is 17.1 Å². The highest BCUT2D eigenvalue weighted by Gasteiger charge is 2.24. The van der Waals surface area contributed by atoms with Crippen LogP contribution in [0.2, 0.25) is 0 Å². The van der Waals surface area contributed by atoms with E-state index >= 15 is 0 Å². The number of hydrogen-bond donors (Lipinski definition) is 1. The Bertz CT molecular complexity index is 857. The van der Waals surface area contributed by atoms with Crippen LogP contribution >= 0.6 is 0 Å². The van der Waals surface area contributed by atoms with E-state index in [2.05, 4.69) is 17.8 Å². The van der Waals surface area contributed by atoms with E-state index in [1.807, 2.05) is 19.1 Å². The van der Waals surface area contributed by atoms with E-state index in [9.17, 15) is 9.59 Å². The van der Waals surface area contributed by atoms with Gasteiger partial charge in [-0.15, -0.1) is 13.0 Å².